The SMILES string of the molecule is CCOc1cccc([C@H](C)NC(=O)C[C@@H]2Sc3ccccc3NC2=O)c1. The van der Waals surface area contributed by atoms with E-state index >= 15 is 0 Å². The van der Waals surface area contributed by atoms with E-state index in [4.69, 9.17) is 4.74 Å². The summed E-state index contributed by atoms with van der Waals surface area (Å²) < 4.78 is 5.50. The molecule has 1 aliphatic heterocycles. The molecule has 0 unspecified atom stereocenters. The molecule has 3 rings (SSSR count). The Labute approximate surface area is 157 Å². The number of hydrogen-bond donors (Lipinski definition) is 2. The molecular formula is C20H22N2O3S. The number of thioether (sulfide) groups is 1. The molecular weight excluding hydrogens is 348 g/mol. The van der Waals surface area contributed by atoms with Crippen molar-refractivity contribution in [1.82, 2.24) is 5.32 Å². The third-order valence-corrected chi connectivity index (χ3v) is 5.40. The number of hydrogen-bond acceptors (Lipinski definition) is 4. The number of benzene rings is 2. The Balaban J connectivity index is 1.60. The maximum Gasteiger partial charge on any atom is 0.238 e. The first-order valence-corrected chi connectivity index (χ1v) is 9.53. The second-order valence-corrected chi connectivity index (χ2v) is 7.34. The van der Waals surface area contributed by atoms with Crippen LogP contribution >= 0.6 is 11.8 Å². The van der Waals surface area contributed by atoms with E-state index in [0.717, 1.165) is 21.9 Å². The molecule has 2 amide bonds. The van der Waals surface area contributed by atoms with Gasteiger partial charge in [-0.2, -0.15) is 0 Å². The van der Waals surface area contributed by atoms with E-state index in [1.54, 1.807) is 0 Å². The minimum Gasteiger partial charge on any atom is -0.494 e. The maximum absolute atomic E-state index is 12.4. The number of fused-ring (bicyclic) bond motifs is 1. The molecule has 26 heavy (non-hydrogen) atoms. The molecule has 0 aliphatic carbocycles. The highest BCUT2D eigenvalue weighted by Crippen LogP contribution is 2.36. The molecule has 2 aromatic rings. The number of para-hydroxylation sites is 1. The molecule has 2 N–H and O–H groups in total. The van der Waals surface area contributed by atoms with Crippen LogP contribution in [0, 0.1) is 0 Å². The fourth-order valence-electron chi connectivity index (χ4n) is 2.82. The minimum atomic E-state index is -0.424. The molecule has 0 fully saturated rings. The van der Waals surface area contributed by atoms with Gasteiger partial charge in [-0.05, 0) is 43.7 Å². The fourth-order valence-corrected chi connectivity index (χ4v) is 3.93. The molecule has 0 aromatic heterocycles. The van der Waals surface area contributed by atoms with Crippen molar-refractivity contribution in [2.75, 3.05) is 11.9 Å². The molecule has 0 saturated heterocycles. The second-order valence-electron chi connectivity index (χ2n) is 6.09. The van der Waals surface area contributed by atoms with Crippen LogP contribution < -0.4 is 15.4 Å². The molecule has 1 heterocycles. The van der Waals surface area contributed by atoms with Gasteiger partial charge < -0.3 is 15.4 Å². The predicted octanol–water partition coefficient (Wildman–Crippen LogP) is 3.77. The van der Waals surface area contributed by atoms with Crippen molar-refractivity contribution in [2.45, 2.75) is 36.5 Å². The van der Waals surface area contributed by atoms with Crippen LogP contribution in [0.4, 0.5) is 5.69 Å². The quantitative estimate of drug-likeness (QED) is 0.812. The zero-order valence-corrected chi connectivity index (χ0v) is 15.6. The largest absolute Gasteiger partial charge is 0.494 e. The van der Waals surface area contributed by atoms with Gasteiger partial charge in [0.05, 0.1) is 23.6 Å². The van der Waals surface area contributed by atoms with Crippen molar-refractivity contribution in [3.05, 3.63) is 54.1 Å². The Bertz CT molecular complexity index is 809. The average Bonchev–Trinajstić information content (AvgIpc) is 2.63. The summed E-state index contributed by atoms with van der Waals surface area (Å²) in [5.41, 5.74) is 1.77. The summed E-state index contributed by atoms with van der Waals surface area (Å²) in [6.07, 6.45) is 0.139. The van der Waals surface area contributed by atoms with E-state index in [2.05, 4.69) is 10.6 Å². The Morgan fingerprint density at radius 2 is 2.08 bits per heavy atom. The lowest BCUT2D eigenvalue weighted by Gasteiger charge is -2.24. The van der Waals surface area contributed by atoms with Crippen molar-refractivity contribution in [3.63, 3.8) is 0 Å². The van der Waals surface area contributed by atoms with Gasteiger partial charge in [-0.25, -0.2) is 0 Å². The molecule has 0 spiro atoms. The first-order valence-electron chi connectivity index (χ1n) is 8.65. The van der Waals surface area contributed by atoms with Crippen molar-refractivity contribution in [2.24, 2.45) is 0 Å². The minimum absolute atomic E-state index is 0.130. The molecule has 136 valence electrons. The Morgan fingerprint density at radius 1 is 1.27 bits per heavy atom. The first-order chi connectivity index (χ1) is 12.6. The Morgan fingerprint density at radius 3 is 2.88 bits per heavy atom. The normalized spacial score (nSPS) is 17.0. The van der Waals surface area contributed by atoms with Crippen LogP contribution in [0.2, 0.25) is 0 Å². The third-order valence-electron chi connectivity index (χ3n) is 4.12. The molecule has 1 aliphatic rings. The van der Waals surface area contributed by atoms with E-state index in [-0.39, 0.29) is 24.3 Å². The van der Waals surface area contributed by atoms with Gasteiger partial charge in [0.25, 0.3) is 0 Å². The maximum atomic E-state index is 12.4. The molecule has 5 nitrogen and oxygen atoms in total. The van der Waals surface area contributed by atoms with Crippen LogP contribution in [0.25, 0.3) is 0 Å². The van der Waals surface area contributed by atoms with Crippen LogP contribution in [-0.4, -0.2) is 23.7 Å². The van der Waals surface area contributed by atoms with Gasteiger partial charge in [0.1, 0.15) is 5.75 Å². The van der Waals surface area contributed by atoms with Crippen molar-refractivity contribution in [1.29, 1.82) is 0 Å². The number of nitrogens with one attached hydrogen (secondary N) is 2. The number of amides is 2. The Hall–Kier alpha value is -2.47. The number of anilines is 1. The van der Waals surface area contributed by atoms with Gasteiger partial charge in [-0.1, -0.05) is 24.3 Å². The zero-order chi connectivity index (χ0) is 18.5. The van der Waals surface area contributed by atoms with Crippen LogP contribution in [0.3, 0.4) is 0 Å². The lowest BCUT2D eigenvalue weighted by molar-refractivity contribution is -0.124. The molecule has 0 bridgehead atoms. The zero-order valence-electron chi connectivity index (χ0n) is 14.8. The summed E-state index contributed by atoms with van der Waals surface area (Å²) in [7, 11) is 0. The number of carbonyl (C=O) groups excluding carboxylic acids is 2. The van der Waals surface area contributed by atoms with E-state index in [9.17, 15) is 9.59 Å². The van der Waals surface area contributed by atoms with E-state index in [1.807, 2.05) is 62.4 Å². The highest BCUT2D eigenvalue weighted by Gasteiger charge is 2.29. The van der Waals surface area contributed by atoms with E-state index in [1.165, 1.54) is 11.8 Å². The molecule has 2 atom stereocenters. The highest BCUT2D eigenvalue weighted by atomic mass is 32.2. The Kier molecular flexibility index (Phi) is 5.83. The van der Waals surface area contributed by atoms with Gasteiger partial charge in [0.15, 0.2) is 0 Å². The number of rotatable bonds is 6. The summed E-state index contributed by atoms with van der Waals surface area (Å²) in [6, 6.07) is 15.1. The van der Waals surface area contributed by atoms with Crippen LogP contribution in [0.1, 0.15) is 31.9 Å². The van der Waals surface area contributed by atoms with Crippen LogP contribution in [-0.2, 0) is 9.59 Å². The van der Waals surface area contributed by atoms with Gasteiger partial charge >= 0.3 is 0 Å². The standard InChI is InChI=1S/C20H22N2O3S/c1-3-25-15-8-6-7-14(11-15)13(2)21-19(23)12-18-20(24)22-16-9-4-5-10-17(16)26-18/h4-11,13,18H,3,12H2,1-2H3,(H,21,23)(H,22,24)/t13-,18-/m0/s1. The summed E-state index contributed by atoms with van der Waals surface area (Å²) in [6.45, 7) is 4.45. The summed E-state index contributed by atoms with van der Waals surface area (Å²) in [5, 5.41) is 5.41. The lowest BCUT2D eigenvalue weighted by Crippen LogP contribution is -2.35. The topological polar surface area (TPSA) is 67.4 Å². The highest BCUT2D eigenvalue weighted by molar-refractivity contribution is 8.01. The monoisotopic (exact) mass is 370 g/mol. The predicted molar refractivity (Wildman–Crippen MR) is 104 cm³/mol. The van der Waals surface area contributed by atoms with Gasteiger partial charge in [-0.3, -0.25) is 9.59 Å². The van der Waals surface area contributed by atoms with Crippen molar-refractivity contribution < 1.29 is 14.3 Å². The first kappa shape index (κ1) is 18.3. The second kappa shape index (κ2) is 8.27. The summed E-state index contributed by atoms with van der Waals surface area (Å²) >= 11 is 1.43. The van der Waals surface area contributed by atoms with Crippen molar-refractivity contribution in [3.8, 4) is 5.75 Å². The lowest BCUT2D eigenvalue weighted by atomic mass is 10.1. The van der Waals surface area contributed by atoms with Crippen LogP contribution in [0.5, 0.6) is 5.75 Å². The summed E-state index contributed by atoms with van der Waals surface area (Å²) in [4.78, 5) is 25.7. The molecule has 0 saturated carbocycles. The average molecular weight is 370 g/mol. The van der Waals surface area contributed by atoms with Crippen LogP contribution in [0.15, 0.2) is 53.4 Å². The van der Waals surface area contributed by atoms with Gasteiger partial charge in [0, 0.05) is 11.3 Å². The molecule has 6 heteroatoms. The number of ether oxygens (including phenoxy) is 1. The summed E-state index contributed by atoms with van der Waals surface area (Å²) in [5.74, 6) is 0.506. The smallest absolute Gasteiger partial charge is 0.238 e. The molecule has 2 aromatic carbocycles. The van der Waals surface area contributed by atoms with Gasteiger partial charge in [-0.15, -0.1) is 11.8 Å². The fraction of sp³-hybridized carbons (Fsp3) is 0.300. The third kappa shape index (κ3) is 4.38. The molecule has 0 radical (unpaired) electrons. The van der Waals surface area contributed by atoms with E-state index < -0.39 is 5.25 Å². The number of carbonyl (C=O) groups is 2. The van der Waals surface area contributed by atoms with E-state index in [0.29, 0.717) is 6.61 Å². The van der Waals surface area contributed by atoms with Crippen molar-refractivity contribution >= 4 is 29.3 Å². The van der Waals surface area contributed by atoms with Gasteiger partial charge in [0.2, 0.25) is 11.8 Å².